The molecule has 10 heteroatoms. The topological polar surface area (TPSA) is 149 Å². The van der Waals surface area contributed by atoms with Crippen molar-refractivity contribution in [1.29, 1.82) is 0 Å². The van der Waals surface area contributed by atoms with Gasteiger partial charge in [0.1, 0.15) is 30.5 Å². The van der Waals surface area contributed by atoms with Crippen LogP contribution in [0.25, 0.3) is 0 Å². The van der Waals surface area contributed by atoms with E-state index >= 15 is 0 Å². The summed E-state index contributed by atoms with van der Waals surface area (Å²) < 4.78 is 22.7. The Morgan fingerprint density at radius 3 is 2.41 bits per heavy atom. The lowest BCUT2D eigenvalue weighted by Gasteiger charge is -2.31. The van der Waals surface area contributed by atoms with E-state index in [0.29, 0.717) is 5.57 Å². The largest absolute Gasteiger partial charge is 0.454 e. The van der Waals surface area contributed by atoms with E-state index in [2.05, 4.69) is 0 Å². The fraction of sp³-hybridized carbons (Fsp3) is 0.667. The third-order valence-electron chi connectivity index (χ3n) is 6.45. The van der Waals surface area contributed by atoms with Crippen molar-refractivity contribution in [1.82, 2.24) is 0 Å². The Hall–Kier alpha value is -2.37. The van der Waals surface area contributed by atoms with Crippen molar-refractivity contribution in [3.8, 4) is 0 Å². The van der Waals surface area contributed by atoms with E-state index in [1.807, 2.05) is 33.8 Å². The van der Waals surface area contributed by atoms with Crippen LogP contribution in [0.4, 0.5) is 0 Å². The molecule has 0 aliphatic carbocycles. The van der Waals surface area contributed by atoms with Crippen molar-refractivity contribution in [3.05, 3.63) is 34.9 Å². The Bertz CT molecular complexity index is 918. The number of Topliss-reactive ketones (excluding diaryl/α,β-unsaturated/α-hetero) is 1. The van der Waals surface area contributed by atoms with Crippen molar-refractivity contribution < 1.29 is 48.7 Å². The number of allylic oxidation sites excluding steroid dienone is 2. The van der Waals surface area contributed by atoms with Crippen LogP contribution in [0.3, 0.4) is 0 Å². The third-order valence-corrected chi connectivity index (χ3v) is 6.45. The summed E-state index contributed by atoms with van der Waals surface area (Å²) in [5, 5.41) is 30.1. The first kappa shape index (κ1) is 30.9. The van der Waals surface area contributed by atoms with Crippen LogP contribution < -0.4 is 0 Å². The van der Waals surface area contributed by atoms with Crippen LogP contribution in [-0.2, 0) is 33.3 Å². The van der Waals surface area contributed by atoms with E-state index in [9.17, 15) is 29.7 Å². The predicted octanol–water partition coefficient (Wildman–Crippen LogP) is 1.90. The van der Waals surface area contributed by atoms with E-state index in [1.54, 1.807) is 13.0 Å². The van der Waals surface area contributed by atoms with Crippen molar-refractivity contribution >= 4 is 17.7 Å². The summed E-state index contributed by atoms with van der Waals surface area (Å²) in [5.74, 6) is -1.72. The average Bonchev–Trinajstić information content (AvgIpc) is 3.12. The molecule has 0 bridgehead atoms. The van der Waals surface area contributed by atoms with Gasteiger partial charge in [0.15, 0.2) is 18.2 Å². The Balaban J connectivity index is 2.52. The lowest BCUT2D eigenvalue weighted by molar-refractivity contribution is -0.209. The fourth-order valence-electron chi connectivity index (χ4n) is 3.96. The van der Waals surface area contributed by atoms with Crippen LogP contribution in [0.1, 0.15) is 60.8 Å². The standard InChI is InChI=1S/C27H40O10/c1-7-15(4)19-11-9-16(5)24(37-27-23(32)22(31)20(13-28)35-27)25(36-21(30)12-14(2)3)18(29)10-8-17(6)26(33)34-19/h7-9,14,19-20,22-25,27-28,31-32H,10-13H2,1-6H3/b15-7-,16-9+,17-8-. The number of rotatable bonds is 7. The first-order valence-electron chi connectivity index (χ1n) is 12.6. The van der Waals surface area contributed by atoms with Crippen LogP contribution in [0.15, 0.2) is 34.9 Å². The zero-order valence-electron chi connectivity index (χ0n) is 22.4. The quantitative estimate of drug-likeness (QED) is 0.333. The smallest absolute Gasteiger partial charge is 0.334 e. The number of ketones is 1. The van der Waals surface area contributed by atoms with Gasteiger partial charge in [-0.3, -0.25) is 9.59 Å². The van der Waals surface area contributed by atoms with Gasteiger partial charge in [-0.25, -0.2) is 4.79 Å². The summed E-state index contributed by atoms with van der Waals surface area (Å²) in [6.07, 6.45) is -3.52. The Labute approximate surface area is 217 Å². The van der Waals surface area contributed by atoms with Crippen LogP contribution in [0.5, 0.6) is 0 Å². The number of ether oxygens (including phenoxy) is 4. The molecule has 208 valence electrons. The Morgan fingerprint density at radius 2 is 1.84 bits per heavy atom. The lowest BCUT2D eigenvalue weighted by atomic mass is 9.96. The summed E-state index contributed by atoms with van der Waals surface area (Å²) in [7, 11) is 0. The molecule has 2 heterocycles. The molecule has 1 fully saturated rings. The van der Waals surface area contributed by atoms with E-state index in [0.717, 1.165) is 5.57 Å². The van der Waals surface area contributed by atoms with Crippen molar-refractivity contribution in [2.75, 3.05) is 6.61 Å². The van der Waals surface area contributed by atoms with Crippen LogP contribution >= 0.6 is 0 Å². The molecule has 0 radical (unpaired) electrons. The summed E-state index contributed by atoms with van der Waals surface area (Å²) in [6.45, 7) is 9.99. The van der Waals surface area contributed by atoms with Crippen molar-refractivity contribution in [2.24, 2.45) is 5.92 Å². The lowest BCUT2D eigenvalue weighted by Crippen LogP contribution is -2.45. The van der Waals surface area contributed by atoms with Crippen molar-refractivity contribution in [2.45, 2.75) is 104 Å². The molecule has 0 spiro atoms. The maximum Gasteiger partial charge on any atom is 0.334 e. The van der Waals surface area contributed by atoms with Gasteiger partial charge in [0.05, 0.1) is 6.61 Å². The fourth-order valence-corrected chi connectivity index (χ4v) is 3.96. The highest BCUT2D eigenvalue weighted by Crippen LogP contribution is 2.29. The SMILES string of the molecule is C/C=C(/C)C1C/C=C(\C)C(OC2OC(CO)C(O)C2O)C(OC(=O)CC(C)C)C(=O)C/C=C(/C)C(=O)O1. The molecule has 37 heavy (non-hydrogen) atoms. The molecule has 1 saturated heterocycles. The molecule has 0 aromatic rings. The van der Waals surface area contributed by atoms with Gasteiger partial charge in [-0.2, -0.15) is 0 Å². The zero-order valence-corrected chi connectivity index (χ0v) is 22.4. The number of hydrogen-bond donors (Lipinski definition) is 3. The van der Waals surface area contributed by atoms with E-state index in [1.165, 1.54) is 13.0 Å². The highest BCUT2D eigenvalue weighted by Gasteiger charge is 2.46. The molecule has 3 N–H and O–H groups in total. The second kappa shape index (κ2) is 14.0. The first-order valence-corrected chi connectivity index (χ1v) is 12.6. The molecule has 7 unspecified atom stereocenters. The summed E-state index contributed by atoms with van der Waals surface area (Å²) in [4.78, 5) is 38.6. The van der Waals surface area contributed by atoms with Gasteiger partial charge in [-0.1, -0.05) is 32.1 Å². The predicted molar refractivity (Wildman–Crippen MR) is 133 cm³/mol. The van der Waals surface area contributed by atoms with Crippen molar-refractivity contribution in [3.63, 3.8) is 0 Å². The number of esters is 2. The second-order valence-corrected chi connectivity index (χ2v) is 9.94. The number of aliphatic hydroxyl groups is 3. The molecule has 10 nitrogen and oxygen atoms in total. The van der Waals surface area contributed by atoms with E-state index in [-0.39, 0.29) is 30.8 Å². The molecule has 2 aliphatic heterocycles. The van der Waals surface area contributed by atoms with Gasteiger partial charge in [0, 0.05) is 24.8 Å². The normalized spacial score (nSPS) is 35.1. The highest BCUT2D eigenvalue weighted by molar-refractivity contribution is 5.91. The minimum absolute atomic E-state index is 0.0215. The van der Waals surface area contributed by atoms with Gasteiger partial charge in [0.25, 0.3) is 0 Å². The van der Waals surface area contributed by atoms with E-state index in [4.69, 9.17) is 18.9 Å². The molecule has 2 rings (SSSR count). The van der Waals surface area contributed by atoms with Gasteiger partial charge >= 0.3 is 11.9 Å². The Morgan fingerprint density at radius 1 is 1.16 bits per heavy atom. The third kappa shape index (κ3) is 8.31. The number of carbonyl (C=O) groups is 3. The molecule has 0 aromatic carbocycles. The number of hydrogen-bond acceptors (Lipinski definition) is 10. The zero-order chi connectivity index (χ0) is 27.9. The minimum Gasteiger partial charge on any atom is -0.454 e. The molecule has 7 atom stereocenters. The van der Waals surface area contributed by atoms with Crippen LogP contribution in [0, 0.1) is 5.92 Å². The maximum atomic E-state index is 13.3. The number of carbonyl (C=O) groups excluding carboxylic acids is 3. The van der Waals surface area contributed by atoms with Gasteiger partial charge < -0.3 is 34.3 Å². The first-order chi connectivity index (χ1) is 17.4. The molecule has 0 aromatic heterocycles. The number of cyclic esters (lactones) is 1. The molecular formula is C27H40O10. The van der Waals surface area contributed by atoms with Gasteiger partial charge in [-0.15, -0.1) is 0 Å². The average molecular weight is 525 g/mol. The van der Waals surface area contributed by atoms with E-state index < -0.39 is 67.2 Å². The summed E-state index contributed by atoms with van der Waals surface area (Å²) >= 11 is 0. The highest BCUT2D eigenvalue weighted by atomic mass is 16.7. The van der Waals surface area contributed by atoms with Gasteiger partial charge in [0.2, 0.25) is 0 Å². The monoisotopic (exact) mass is 524 g/mol. The molecule has 2 aliphatic rings. The second-order valence-electron chi connectivity index (χ2n) is 9.94. The number of aliphatic hydroxyl groups excluding tert-OH is 3. The maximum absolute atomic E-state index is 13.3. The molecule has 0 amide bonds. The molecular weight excluding hydrogens is 484 g/mol. The Kier molecular flexibility index (Phi) is 11.6. The minimum atomic E-state index is -1.51. The van der Waals surface area contributed by atoms with Crippen LogP contribution in [-0.4, -0.2) is 82.6 Å². The van der Waals surface area contributed by atoms with Crippen LogP contribution in [0.2, 0.25) is 0 Å². The molecule has 0 saturated carbocycles. The van der Waals surface area contributed by atoms with Gasteiger partial charge in [-0.05, 0) is 44.8 Å². The summed E-state index contributed by atoms with van der Waals surface area (Å²) in [6, 6.07) is 0. The summed E-state index contributed by atoms with van der Waals surface area (Å²) in [5.41, 5.74) is 1.52.